The molecular formula is C16H22N6O. The fraction of sp³-hybridized carbons (Fsp3) is 0.625. The lowest BCUT2D eigenvalue weighted by molar-refractivity contribution is 0.376. The molecule has 23 heavy (non-hydrogen) atoms. The second-order valence-electron chi connectivity index (χ2n) is 6.37. The van der Waals surface area contributed by atoms with Crippen molar-refractivity contribution in [3.8, 4) is 0 Å². The van der Waals surface area contributed by atoms with E-state index in [2.05, 4.69) is 24.9 Å². The second kappa shape index (κ2) is 6.14. The fourth-order valence-electron chi connectivity index (χ4n) is 3.46. The number of rotatable bonds is 3. The van der Waals surface area contributed by atoms with E-state index in [4.69, 9.17) is 9.51 Å². The molecule has 0 aromatic carbocycles. The van der Waals surface area contributed by atoms with Crippen LogP contribution < -0.4 is 9.80 Å². The van der Waals surface area contributed by atoms with Crippen LogP contribution in [-0.4, -0.2) is 46.3 Å². The minimum Gasteiger partial charge on any atom is -0.356 e. The molecule has 2 aliphatic rings. The largest absolute Gasteiger partial charge is 0.356 e. The summed E-state index contributed by atoms with van der Waals surface area (Å²) in [4.78, 5) is 18.3. The van der Waals surface area contributed by atoms with Crippen molar-refractivity contribution >= 4 is 11.8 Å². The third kappa shape index (κ3) is 3.00. The van der Waals surface area contributed by atoms with Gasteiger partial charge in [0.1, 0.15) is 5.82 Å². The van der Waals surface area contributed by atoms with Crippen molar-refractivity contribution in [2.75, 3.05) is 36.0 Å². The number of nitrogens with zero attached hydrogens (tertiary/aromatic N) is 6. The highest BCUT2D eigenvalue weighted by Crippen LogP contribution is 2.28. The predicted octanol–water partition coefficient (Wildman–Crippen LogP) is 2.15. The standard InChI is InChI=1S/C16H22N6O/c1-12-18-15(20-23-12)13-5-4-10-22(11-13)16-17-7-6-14(19-16)21-8-2-3-9-21/h6-7,13H,2-5,8-11H2,1H3/t13-/m0/s1. The first kappa shape index (κ1) is 14.4. The summed E-state index contributed by atoms with van der Waals surface area (Å²) >= 11 is 0. The molecule has 2 aromatic rings. The van der Waals surface area contributed by atoms with E-state index in [1.165, 1.54) is 12.8 Å². The summed E-state index contributed by atoms with van der Waals surface area (Å²) in [5.74, 6) is 3.59. The molecule has 2 aliphatic heterocycles. The van der Waals surface area contributed by atoms with Crippen LogP contribution in [0.4, 0.5) is 11.8 Å². The molecular weight excluding hydrogens is 292 g/mol. The molecule has 0 aliphatic carbocycles. The zero-order valence-corrected chi connectivity index (χ0v) is 13.5. The predicted molar refractivity (Wildman–Crippen MR) is 86.7 cm³/mol. The van der Waals surface area contributed by atoms with Crippen molar-refractivity contribution < 1.29 is 4.52 Å². The van der Waals surface area contributed by atoms with E-state index in [0.29, 0.717) is 11.8 Å². The number of aryl methyl sites for hydroxylation is 1. The van der Waals surface area contributed by atoms with Crippen LogP contribution in [0.1, 0.15) is 43.3 Å². The summed E-state index contributed by atoms with van der Waals surface area (Å²) in [6, 6.07) is 2.01. The quantitative estimate of drug-likeness (QED) is 0.859. The molecule has 7 heteroatoms. The number of aromatic nitrogens is 4. The van der Waals surface area contributed by atoms with E-state index in [1.807, 2.05) is 19.2 Å². The first-order chi connectivity index (χ1) is 11.3. The van der Waals surface area contributed by atoms with Gasteiger partial charge in [-0.25, -0.2) is 4.98 Å². The Morgan fingerprint density at radius 1 is 1.09 bits per heavy atom. The van der Waals surface area contributed by atoms with Crippen molar-refractivity contribution in [3.63, 3.8) is 0 Å². The topological polar surface area (TPSA) is 71.2 Å². The van der Waals surface area contributed by atoms with Crippen LogP contribution >= 0.6 is 0 Å². The third-order valence-corrected chi connectivity index (χ3v) is 4.67. The van der Waals surface area contributed by atoms with Crippen molar-refractivity contribution in [1.29, 1.82) is 0 Å². The van der Waals surface area contributed by atoms with Gasteiger partial charge in [0.05, 0.1) is 0 Å². The van der Waals surface area contributed by atoms with E-state index in [9.17, 15) is 0 Å². The lowest BCUT2D eigenvalue weighted by Gasteiger charge is -2.31. The first-order valence-electron chi connectivity index (χ1n) is 8.43. The molecule has 0 N–H and O–H groups in total. The molecule has 4 heterocycles. The van der Waals surface area contributed by atoms with Gasteiger partial charge in [0.2, 0.25) is 11.8 Å². The van der Waals surface area contributed by atoms with Gasteiger partial charge in [-0.3, -0.25) is 0 Å². The normalized spacial score (nSPS) is 21.9. The Hall–Kier alpha value is -2.18. The number of piperidine rings is 1. The molecule has 7 nitrogen and oxygen atoms in total. The Morgan fingerprint density at radius 2 is 1.91 bits per heavy atom. The van der Waals surface area contributed by atoms with Crippen LogP contribution in [0.5, 0.6) is 0 Å². The highest BCUT2D eigenvalue weighted by molar-refractivity contribution is 5.44. The Bertz CT molecular complexity index is 666. The molecule has 122 valence electrons. The smallest absolute Gasteiger partial charge is 0.227 e. The average Bonchev–Trinajstić information content (AvgIpc) is 3.27. The monoisotopic (exact) mass is 314 g/mol. The second-order valence-corrected chi connectivity index (χ2v) is 6.37. The maximum Gasteiger partial charge on any atom is 0.227 e. The maximum atomic E-state index is 5.13. The summed E-state index contributed by atoms with van der Waals surface area (Å²) in [5, 5.41) is 4.09. The van der Waals surface area contributed by atoms with Crippen LogP contribution in [0.2, 0.25) is 0 Å². The molecule has 0 bridgehead atoms. The van der Waals surface area contributed by atoms with Gasteiger partial charge in [0, 0.05) is 45.2 Å². The Labute approximate surface area is 135 Å². The van der Waals surface area contributed by atoms with Crippen LogP contribution in [-0.2, 0) is 0 Å². The van der Waals surface area contributed by atoms with Gasteiger partial charge < -0.3 is 14.3 Å². The summed E-state index contributed by atoms with van der Waals surface area (Å²) in [6.07, 6.45) is 6.56. The summed E-state index contributed by atoms with van der Waals surface area (Å²) in [7, 11) is 0. The molecule has 4 rings (SSSR count). The van der Waals surface area contributed by atoms with Gasteiger partial charge in [-0.1, -0.05) is 5.16 Å². The lowest BCUT2D eigenvalue weighted by atomic mass is 9.98. The molecule has 1 atom stereocenters. The third-order valence-electron chi connectivity index (χ3n) is 4.67. The molecule has 0 spiro atoms. The molecule has 0 radical (unpaired) electrons. The first-order valence-corrected chi connectivity index (χ1v) is 8.43. The van der Waals surface area contributed by atoms with Crippen LogP contribution in [0, 0.1) is 6.92 Å². The van der Waals surface area contributed by atoms with Crippen molar-refractivity contribution in [1.82, 2.24) is 20.1 Å². The number of hydrogen-bond acceptors (Lipinski definition) is 7. The zero-order valence-electron chi connectivity index (χ0n) is 13.5. The van der Waals surface area contributed by atoms with Crippen LogP contribution in [0.3, 0.4) is 0 Å². The summed E-state index contributed by atoms with van der Waals surface area (Å²) < 4.78 is 5.13. The number of anilines is 2. The van der Waals surface area contributed by atoms with Crippen molar-refractivity contribution in [2.24, 2.45) is 0 Å². The van der Waals surface area contributed by atoms with Gasteiger partial charge in [-0.05, 0) is 31.7 Å². The zero-order chi connectivity index (χ0) is 15.6. The minimum absolute atomic E-state index is 0.292. The SMILES string of the molecule is Cc1nc([C@H]2CCCN(c3nccc(N4CCCC4)n3)C2)no1. The van der Waals surface area contributed by atoms with Gasteiger partial charge in [0.15, 0.2) is 5.82 Å². The summed E-state index contributed by atoms with van der Waals surface area (Å²) in [5.41, 5.74) is 0. The summed E-state index contributed by atoms with van der Waals surface area (Å²) in [6.45, 7) is 5.86. The Kier molecular flexibility index (Phi) is 3.85. The average molecular weight is 314 g/mol. The molecule has 0 unspecified atom stereocenters. The van der Waals surface area contributed by atoms with Gasteiger partial charge in [0.25, 0.3) is 0 Å². The van der Waals surface area contributed by atoms with Crippen molar-refractivity contribution in [3.05, 3.63) is 24.0 Å². The van der Waals surface area contributed by atoms with E-state index < -0.39 is 0 Å². The van der Waals surface area contributed by atoms with E-state index in [0.717, 1.165) is 56.6 Å². The maximum absolute atomic E-state index is 5.13. The molecule has 2 fully saturated rings. The van der Waals surface area contributed by atoms with Gasteiger partial charge in [-0.2, -0.15) is 9.97 Å². The lowest BCUT2D eigenvalue weighted by Crippen LogP contribution is -2.36. The molecule has 0 saturated carbocycles. The van der Waals surface area contributed by atoms with E-state index in [-0.39, 0.29) is 0 Å². The molecule has 0 amide bonds. The van der Waals surface area contributed by atoms with Gasteiger partial charge in [-0.15, -0.1) is 0 Å². The number of hydrogen-bond donors (Lipinski definition) is 0. The van der Waals surface area contributed by atoms with E-state index >= 15 is 0 Å². The Balaban J connectivity index is 1.52. The highest BCUT2D eigenvalue weighted by Gasteiger charge is 2.27. The van der Waals surface area contributed by atoms with E-state index in [1.54, 1.807) is 0 Å². The minimum atomic E-state index is 0.292. The van der Waals surface area contributed by atoms with Crippen LogP contribution in [0.25, 0.3) is 0 Å². The highest BCUT2D eigenvalue weighted by atomic mass is 16.5. The molecule has 2 saturated heterocycles. The van der Waals surface area contributed by atoms with Crippen LogP contribution in [0.15, 0.2) is 16.8 Å². The molecule has 2 aromatic heterocycles. The van der Waals surface area contributed by atoms with Crippen molar-refractivity contribution in [2.45, 2.75) is 38.5 Å². The Morgan fingerprint density at radius 3 is 2.70 bits per heavy atom. The fourth-order valence-corrected chi connectivity index (χ4v) is 3.46. The van der Waals surface area contributed by atoms with Gasteiger partial charge >= 0.3 is 0 Å².